The highest BCUT2D eigenvalue weighted by Gasteiger charge is 2.40. The summed E-state index contributed by atoms with van der Waals surface area (Å²) < 4.78 is 0. The third kappa shape index (κ3) is 2.64. The second-order valence-electron chi connectivity index (χ2n) is 5.73. The van der Waals surface area contributed by atoms with E-state index in [2.05, 4.69) is 15.8 Å². The number of nitrogens with one attached hydrogen (secondary N) is 3. The molecule has 0 aliphatic heterocycles. The van der Waals surface area contributed by atoms with Crippen LogP contribution in [0.15, 0.2) is 18.3 Å². The van der Waals surface area contributed by atoms with E-state index < -0.39 is 0 Å². The van der Waals surface area contributed by atoms with E-state index in [0.29, 0.717) is 18.0 Å². The Morgan fingerprint density at radius 2 is 2.16 bits per heavy atom. The molecule has 5 heteroatoms. The molecule has 2 aliphatic rings. The van der Waals surface area contributed by atoms with Gasteiger partial charge in [0.1, 0.15) is 5.69 Å². The zero-order valence-electron chi connectivity index (χ0n) is 10.8. The summed E-state index contributed by atoms with van der Waals surface area (Å²) in [5, 5.41) is 0. The Morgan fingerprint density at radius 1 is 1.26 bits per heavy atom. The number of hydrogen-bond donors (Lipinski definition) is 3. The van der Waals surface area contributed by atoms with Crippen LogP contribution in [-0.2, 0) is 4.79 Å². The fraction of sp³-hybridized carbons (Fsp3) is 0.571. The number of H-pyrrole nitrogens is 1. The normalized spacial score (nSPS) is 28.3. The maximum atomic E-state index is 11.8. The predicted octanol–water partition coefficient (Wildman–Crippen LogP) is 1.60. The molecule has 19 heavy (non-hydrogen) atoms. The smallest absolute Gasteiger partial charge is 0.286 e. The molecule has 1 aromatic heterocycles. The van der Waals surface area contributed by atoms with Crippen LogP contribution in [0.2, 0.25) is 0 Å². The standard InChI is InChI=1S/C14H19N3O2/c18-13(8-11-7-9-3-4-10(11)6-9)16-17-14(19)12-2-1-5-15-12/h1-2,5,9-11,15H,3-4,6-8H2,(H,16,18)(H,17,19). The molecule has 2 fully saturated rings. The summed E-state index contributed by atoms with van der Waals surface area (Å²) in [6, 6.07) is 3.41. The fourth-order valence-electron chi connectivity index (χ4n) is 3.58. The summed E-state index contributed by atoms with van der Waals surface area (Å²) in [4.78, 5) is 26.2. The minimum atomic E-state index is -0.314. The number of carbonyl (C=O) groups excluding carboxylic acids is 2. The van der Waals surface area contributed by atoms with Crippen molar-refractivity contribution in [2.45, 2.75) is 32.1 Å². The van der Waals surface area contributed by atoms with Gasteiger partial charge in [-0.3, -0.25) is 20.4 Å². The Kier molecular flexibility index (Phi) is 3.27. The lowest BCUT2D eigenvalue weighted by atomic mass is 9.86. The van der Waals surface area contributed by atoms with E-state index in [1.54, 1.807) is 18.3 Å². The van der Waals surface area contributed by atoms with E-state index in [4.69, 9.17) is 0 Å². The maximum absolute atomic E-state index is 11.8. The second-order valence-corrected chi connectivity index (χ2v) is 5.73. The van der Waals surface area contributed by atoms with Crippen molar-refractivity contribution in [2.24, 2.45) is 17.8 Å². The van der Waals surface area contributed by atoms with Gasteiger partial charge >= 0.3 is 0 Å². The lowest BCUT2D eigenvalue weighted by Crippen LogP contribution is -2.42. The highest BCUT2D eigenvalue weighted by molar-refractivity contribution is 5.93. The summed E-state index contributed by atoms with van der Waals surface area (Å²) in [5.74, 6) is 1.69. The van der Waals surface area contributed by atoms with Gasteiger partial charge in [0.15, 0.2) is 0 Å². The molecule has 2 amide bonds. The first-order chi connectivity index (χ1) is 9.22. The molecule has 1 heterocycles. The molecule has 2 bridgehead atoms. The molecule has 3 atom stereocenters. The minimum Gasteiger partial charge on any atom is -0.357 e. The number of hydrazine groups is 1. The van der Waals surface area contributed by atoms with Gasteiger partial charge in [-0.2, -0.15) is 0 Å². The first-order valence-corrected chi connectivity index (χ1v) is 6.95. The zero-order chi connectivity index (χ0) is 13.2. The average molecular weight is 261 g/mol. The van der Waals surface area contributed by atoms with Crippen LogP contribution in [0.25, 0.3) is 0 Å². The quantitative estimate of drug-likeness (QED) is 0.723. The number of rotatable bonds is 3. The SMILES string of the molecule is O=C(CC1CC2CCC1C2)NNC(=O)c1ccc[nH]1. The van der Waals surface area contributed by atoms with Crippen molar-refractivity contribution < 1.29 is 9.59 Å². The van der Waals surface area contributed by atoms with Gasteiger partial charge in [-0.1, -0.05) is 6.42 Å². The highest BCUT2D eigenvalue weighted by atomic mass is 16.2. The van der Waals surface area contributed by atoms with E-state index >= 15 is 0 Å². The summed E-state index contributed by atoms with van der Waals surface area (Å²) >= 11 is 0. The van der Waals surface area contributed by atoms with Gasteiger partial charge in [0.2, 0.25) is 5.91 Å². The van der Waals surface area contributed by atoms with Crippen molar-refractivity contribution in [2.75, 3.05) is 0 Å². The molecule has 0 saturated heterocycles. The minimum absolute atomic E-state index is 0.0857. The summed E-state index contributed by atoms with van der Waals surface area (Å²) in [5.41, 5.74) is 5.38. The topological polar surface area (TPSA) is 74.0 Å². The Labute approximate surface area is 112 Å². The maximum Gasteiger partial charge on any atom is 0.286 e. The van der Waals surface area contributed by atoms with Gasteiger partial charge in [0.05, 0.1) is 0 Å². The van der Waals surface area contributed by atoms with Crippen molar-refractivity contribution in [3.8, 4) is 0 Å². The monoisotopic (exact) mass is 261 g/mol. The summed E-state index contributed by atoms with van der Waals surface area (Å²) in [6.07, 6.45) is 7.30. The first-order valence-electron chi connectivity index (χ1n) is 6.95. The Morgan fingerprint density at radius 3 is 2.79 bits per heavy atom. The van der Waals surface area contributed by atoms with E-state index in [1.165, 1.54) is 25.7 Å². The molecule has 3 N–H and O–H groups in total. The molecule has 1 aromatic rings. The first kappa shape index (κ1) is 12.3. The largest absolute Gasteiger partial charge is 0.357 e. The molecular weight excluding hydrogens is 242 g/mol. The van der Waals surface area contributed by atoms with Crippen molar-refractivity contribution >= 4 is 11.8 Å². The Hall–Kier alpha value is -1.78. The van der Waals surface area contributed by atoms with E-state index in [9.17, 15) is 9.59 Å². The zero-order valence-corrected chi connectivity index (χ0v) is 10.8. The molecule has 3 rings (SSSR count). The van der Waals surface area contributed by atoms with Gasteiger partial charge in [-0.05, 0) is 49.1 Å². The molecule has 102 valence electrons. The van der Waals surface area contributed by atoms with Crippen LogP contribution in [0.5, 0.6) is 0 Å². The molecule has 0 radical (unpaired) electrons. The second kappa shape index (κ2) is 5.07. The van der Waals surface area contributed by atoms with Gasteiger partial charge in [0, 0.05) is 12.6 Å². The summed E-state index contributed by atoms with van der Waals surface area (Å²) in [6.45, 7) is 0. The molecule has 5 nitrogen and oxygen atoms in total. The number of fused-ring (bicyclic) bond motifs is 2. The van der Waals surface area contributed by atoms with Gasteiger partial charge in [-0.15, -0.1) is 0 Å². The van der Waals surface area contributed by atoms with Crippen molar-refractivity contribution in [3.05, 3.63) is 24.0 Å². The lowest BCUT2D eigenvalue weighted by molar-refractivity contribution is -0.123. The Balaban J connectivity index is 1.43. The number of carbonyl (C=O) groups is 2. The van der Waals surface area contributed by atoms with Gasteiger partial charge in [0.25, 0.3) is 5.91 Å². The number of aromatic amines is 1. The van der Waals surface area contributed by atoms with Crippen LogP contribution >= 0.6 is 0 Å². The van der Waals surface area contributed by atoms with Crippen LogP contribution in [-0.4, -0.2) is 16.8 Å². The Bertz CT molecular complexity index is 469. The van der Waals surface area contributed by atoms with Crippen LogP contribution in [0.3, 0.4) is 0 Å². The third-order valence-corrected chi connectivity index (χ3v) is 4.49. The average Bonchev–Trinajstić information content (AvgIpc) is 3.12. The molecule has 0 spiro atoms. The fourth-order valence-corrected chi connectivity index (χ4v) is 3.58. The molecule has 0 aromatic carbocycles. The number of aromatic nitrogens is 1. The van der Waals surface area contributed by atoms with Crippen LogP contribution in [0.1, 0.15) is 42.6 Å². The highest BCUT2D eigenvalue weighted by Crippen LogP contribution is 2.49. The number of hydrogen-bond acceptors (Lipinski definition) is 2. The van der Waals surface area contributed by atoms with Gasteiger partial charge < -0.3 is 4.98 Å². The van der Waals surface area contributed by atoms with E-state index in [1.807, 2.05) is 0 Å². The predicted molar refractivity (Wildman–Crippen MR) is 70.0 cm³/mol. The molecule has 2 saturated carbocycles. The van der Waals surface area contributed by atoms with Crippen LogP contribution in [0.4, 0.5) is 0 Å². The molecular formula is C14H19N3O2. The van der Waals surface area contributed by atoms with Crippen molar-refractivity contribution in [3.63, 3.8) is 0 Å². The molecule has 3 unspecified atom stereocenters. The van der Waals surface area contributed by atoms with Crippen molar-refractivity contribution in [1.82, 2.24) is 15.8 Å². The number of amides is 2. The van der Waals surface area contributed by atoms with E-state index in [-0.39, 0.29) is 11.8 Å². The molecule has 2 aliphatic carbocycles. The van der Waals surface area contributed by atoms with Crippen LogP contribution < -0.4 is 10.9 Å². The van der Waals surface area contributed by atoms with Gasteiger partial charge in [-0.25, -0.2) is 0 Å². The van der Waals surface area contributed by atoms with Crippen molar-refractivity contribution in [1.29, 1.82) is 0 Å². The summed E-state index contributed by atoms with van der Waals surface area (Å²) in [7, 11) is 0. The van der Waals surface area contributed by atoms with E-state index in [0.717, 1.165) is 11.8 Å². The third-order valence-electron chi connectivity index (χ3n) is 4.49. The lowest BCUT2D eigenvalue weighted by Gasteiger charge is -2.20. The van der Waals surface area contributed by atoms with Crippen LogP contribution in [0, 0.1) is 17.8 Å².